The first-order valence-corrected chi connectivity index (χ1v) is 16.5. The van der Waals surface area contributed by atoms with E-state index in [1.165, 1.54) is 18.3 Å². The van der Waals surface area contributed by atoms with Crippen molar-refractivity contribution in [3.8, 4) is 5.75 Å². The lowest BCUT2D eigenvalue weighted by atomic mass is 9.94. The largest absolute Gasteiger partial charge is 0.493 e. The SMILES string of the molecule is C/C=C\C(=C/c1coc(C(=O)NC2=CCC(N3CCC(COc4cc(C(=O)OC)ccc4C)CC3)C=C2)c1C)C1=CC(C)=CC=CC1. The highest BCUT2D eigenvalue weighted by Crippen LogP contribution is 2.28. The predicted molar refractivity (Wildman–Crippen MR) is 187 cm³/mol. The molecule has 1 fully saturated rings. The fourth-order valence-corrected chi connectivity index (χ4v) is 6.21. The van der Waals surface area contributed by atoms with Gasteiger partial charge in [0.25, 0.3) is 5.91 Å². The van der Waals surface area contributed by atoms with E-state index in [-0.39, 0.29) is 11.9 Å². The van der Waals surface area contributed by atoms with E-state index in [1.54, 1.807) is 18.4 Å². The molecule has 1 amide bonds. The molecule has 2 heterocycles. The first-order valence-electron chi connectivity index (χ1n) is 16.5. The van der Waals surface area contributed by atoms with Crippen molar-refractivity contribution in [1.29, 1.82) is 0 Å². The number of allylic oxidation sites excluding steroid dienone is 10. The first kappa shape index (κ1) is 33.7. The Morgan fingerprint density at radius 2 is 1.96 bits per heavy atom. The maximum atomic E-state index is 13.2. The van der Waals surface area contributed by atoms with E-state index in [0.717, 1.165) is 72.5 Å². The molecular formula is C40H46N2O5. The van der Waals surface area contributed by atoms with Crippen molar-refractivity contribution in [3.05, 3.63) is 130 Å². The molecule has 1 aliphatic heterocycles. The summed E-state index contributed by atoms with van der Waals surface area (Å²) < 4.78 is 16.8. The number of ether oxygens (including phenoxy) is 2. The molecule has 0 spiro atoms. The third-order valence-corrected chi connectivity index (χ3v) is 9.08. The number of methoxy groups -OCH3 is 1. The van der Waals surface area contributed by atoms with Crippen LogP contribution >= 0.6 is 0 Å². The summed E-state index contributed by atoms with van der Waals surface area (Å²) in [5.74, 6) is 0.917. The Balaban J connectivity index is 1.12. The minimum atomic E-state index is -0.359. The molecular weight excluding hydrogens is 588 g/mol. The van der Waals surface area contributed by atoms with Gasteiger partial charge in [0.15, 0.2) is 5.76 Å². The topological polar surface area (TPSA) is 81.0 Å². The number of nitrogens with zero attached hydrogens (tertiary/aromatic N) is 1. The molecule has 0 radical (unpaired) electrons. The molecule has 1 saturated heterocycles. The number of esters is 1. The fourth-order valence-electron chi connectivity index (χ4n) is 6.21. The maximum absolute atomic E-state index is 13.2. The zero-order chi connectivity index (χ0) is 33.3. The van der Waals surface area contributed by atoms with Crippen LogP contribution in [-0.2, 0) is 4.74 Å². The van der Waals surface area contributed by atoms with Crippen molar-refractivity contribution >= 4 is 18.0 Å². The van der Waals surface area contributed by atoms with Crippen LogP contribution in [0.5, 0.6) is 5.75 Å². The quantitative estimate of drug-likeness (QED) is 0.210. The molecule has 47 heavy (non-hydrogen) atoms. The molecule has 1 aromatic heterocycles. The van der Waals surface area contributed by atoms with Gasteiger partial charge in [0.05, 0.1) is 25.5 Å². The predicted octanol–water partition coefficient (Wildman–Crippen LogP) is 8.21. The molecule has 1 unspecified atom stereocenters. The Morgan fingerprint density at radius 3 is 2.68 bits per heavy atom. The van der Waals surface area contributed by atoms with Crippen molar-refractivity contribution in [2.45, 2.75) is 59.4 Å². The number of carbonyl (C=O) groups excluding carboxylic acids is 2. The molecule has 3 aliphatic rings. The second-order valence-electron chi connectivity index (χ2n) is 12.5. The van der Waals surface area contributed by atoms with Crippen LogP contribution in [0.2, 0.25) is 0 Å². The number of likely N-dealkylation sites (tertiary alicyclic amines) is 1. The van der Waals surface area contributed by atoms with Crippen LogP contribution in [0.4, 0.5) is 0 Å². The molecule has 2 aliphatic carbocycles. The number of nitrogens with one attached hydrogen (secondary N) is 1. The van der Waals surface area contributed by atoms with Crippen LogP contribution in [0.3, 0.4) is 0 Å². The molecule has 1 atom stereocenters. The minimum Gasteiger partial charge on any atom is -0.493 e. The Labute approximate surface area is 278 Å². The standard InChI is InChI=1S/C40H46N2O5/c1-6-9-31(32-11-8-7-10-27(2)22-32)23-34-26-47-38(29(34)4)39(43)41-35-14-16-36(17-15-35)42-20-18-30(19-21-42)25-46-37-24-33(40(44)45-5)13-12-28(37)3/h6-10,12-16,22-24,26,30,36H,11,17-21,25H2,1-5H3,(H,41,43)/b9-6-,31-23+. The normalized spacial score (nSPS) is 19.2. The van der Waals surface area contributed by atoms with Crippen molar-refractivity contribution in [2.75, 3.05) is 26.8 Å². The van der Waals surface area contributed by atoms with Gasteiger partial charge in [-0.25, -0.2) is 4.79 Å². The molecule has 0 bridgehead atoms. The first-order chi connectivity index (χ1) is 22.7. The highest BCUT2D eigenvalue weighted by atomic mass is 16.5. The summed E-state index contributed by atoms with van der Waals surface area (Å²) in [6.45, 7) is 10.6. The Hall–Kier alpha value is -4.62. The number of benzene rings is 1. The molecule has 2 aromatic rings. The Bertz CT molecular complexity index is 1690. The van der Waals surface area contributed by atoms with Gasteiger partial charge in [-0.15, -0.1) is 0 Å². The van der Waals surface area contributed by atoms with Gasteiger partial charge in [-0.3, -0.25) is 9.69 Å². The summed E-state index contributed by atoms with van der Waals surface area (Å²) in [7, 11) is 1.38. The zero-order valence-electron chi connectivity index (χ0n) is 28.2. The number of hydrogen-bond donors (Lipinski definition) is 1. The third kappa shape index (κ3) is 8.60. The van der Waals surface area contributed by atoms with Crippen LogP contribution in [0.25, 0.3) is 6.08 Å². The highest BCUT2D eigenvalue weighted by Gasteiger charge is 2.26. The number of aryl methyl sites for hydroxylation is 1. The third-order valence-electron chi connectivity index (χ3n) is 9.08. The molecule has 1 N–H and O–H groups in total. The van der Waals surface area contributed by atoms with Gasteiger partial charge in [-0.1, -0.05) is 60.2 Å². The van der Waals surface area contributed by atoms with Gasteiger partial charge in [-0.05, 0) is 113 Å². The highest BCUT2D eigenvalue weighted by molar-refractivity contribution is 5.95. The number of piperidine rings is 1. The summed E-state index contributed by atoms with van der Waals surface area (Å²) >= 11 is 0. The van der Waals surface area contributed by atoms with Gasteiger partial charge in [0, 0.05) is 22.9 Å². The Kier molecular flexibility index (Phi) is 11.3. The Morgan fingerprint density at radius 1 is 1.15 bits per heavy atom. The van der Waals surface area contributed by atoms with Gasteiger partial charge in [-0.2, -0.15) is 0 Å². The van der Waals surface area contributed by atoms with Gasteiger partial charge in [0.1, 0.15) is 5.75 Å². The number of furan rings is 1. The molecule has 1 aromatic carbocycles. The summed E-state index contributed by atoms with van der Waals surface area (Å²) in [6, 6.07) is 5.72. The van der Waals surface area contributed by atoms with Crippen LogP contribution < -0.4 is 10.1 Å². The van der Waals surface area contributed by atoms with Crippen molar-refractivity contribution in [1.82, 2.24) is 10.2 Å². The maximum Gasteiger partial charge on any atom is 0.337 e. The van der Waals surface area contributed by atoms with E-state index in [4.69, 9.17) is 13.9 Å². The van der Waals surface area contributed by atoms with E-state index in [1.807, 2.05) is 39.0 Å². The van der Waals surface area contributed by atoms with Crippen molar-refractivity contribution in [3.63, 3.8) is 0 Å². The molecule has 5 rings (SSSR count). The zero-order valence-corrected chi connectivity index (χ0v) is 28.2. The molecule has 7 heteroatoms. The second kappa shape index (κ2) is 15.8. The van der Waals surface area contributed by atoms with Gasteiger partial charge >= 0.3 is 5.97 Å². The summed E-state index contributed by atoms with van der Waals surface area (Å²) in [5, 5.41) is 3.04. The van der Waals surface area contributed by atoms with Crippen molar-refractivity contribution < 1.29 is 23.5 Å². The molecule has 0 saturated carbocycles. The second-order valence-corrected chi connectivity index (χ2v) is 12.5. The minimum absolute atomic E-state index is 0.243. The molecule has 246 valence electrons. The fraction of sp³-hybridized carbons (Fsp3) is 0.350. The van der Waals surface area contributed by atoms with Crippen LogP contribution in [0.15, 0.2) is 106 Å². The van der Waals surface area contributed by atoms with Gasteiger partial charge < -0.3 is 19.2 Å². The van der Waals surface area contributed by atoms with E-state index < -0.39 is 0 Å². The molecule has 7 nitrogen and oxygen atoms in total. The van der Waals surface area contributed by atoms with E-state index in [9.17, 15) is 9.59 Å². The summed E-state index contributed by atoms with van der Waals surface area (Å²) in [6.07, 6.45) is 26.5. The van der Waals surface area contributed by atoms with E-state index >= 15 is 0 Å². The van der Waals surface area contributed by atoms with Crippen molar-refractivity contribution in [2.24, 2.45) is 5.92 Å². The van der Waals surface area contributed by atoms with Crippen LogP contribution in [-0.4, -0.2) is 49.6 Å². The average molecular weight is 635 g/mol. The number of rotatable bonds is 10. The van der Waals surface area contributed by atoms with Gasteiger partial charge in [0.2, 0.25) is 0 Å². The number of carbonyl (C=O) groups is 2. The summed E-state index contributed by atoms with van der Waals surface area (Å²) in [5.41, 5.74) is 7.53. The van der Waals surface area contributed by atoms with Crippen LogP contribution in [0.1, 0.15) is 77.1 Å². The number of amides is 1. The number of hydrogen-bond acceptors (Lipinski definition) is 6. The summed E-state index contributed by atoms with van der Waals surface area (Å²) in [4.78, 5) is 27.6. The lowest BCUT2D eigenvalue weighted by molar-refractivity contribution is 0.0599. The lowest BCUT2D eigenvalue weighted by Crippen LogP contribution is -2.42. The average Bonchev–Trinajstić information content (AvgIpc) is 3.30. The monoisotopic (exact) mass is 634 g/mol. The smallest absolute Gasteiger partial charge is 0.337 e. The van der Waals surface area contributed by atoms with Crippen LogP contribution in [0, 0.1) is 19.8 Å². The lowest BCUT2D eigenvalue weighted by Gasteiger charge is -2.37. The van der Waals surface area contributed by atoms with E-state index in [2.05, 4.69) is 65.7 Å². The van der Waals surface area contributed by atoms with E-state index in [0.29, 0.717) is 29.9 Å².